The summed E-state index contributed by atoms with van der Waals surface area (Å²) in [6.45, 7) is 0.757. The maximum Gasteiger partial charge on any atom is 0.249 e. The van der Waals surface area contributed by atoms with E-state index in [-0.39, 0.29) is 5.91 Å². The molecule has 0 saturated carbocycles. The van der Waals surface area contributed by atoms with E-state index in [9.17, 15) is 4.79 Å². The maximum atomic E-state index is 11.0. The van der Waals surface area contributed by atoms with Gasteiger partial charge in [-0.1, -0.05) is 12.1 Å². The minimum atomic E-state index is -0.372. The van der Waals surface area contributed by atoms with Gasteiger partial charge < -0.3 is 11.1 Å². The Balaban J connectivity index is 2.60. The molecule has 66 valence electrons. The number of nitrogens with two attached hydrogens (primary N) is 1. The van der Waals surface area contributed by atoms with Gasteiger partial charge in [0.1, 0.15) is 0 Å². The minimum Gasteiger partial charge on any atom is -0.387 e. The fraction of sp³-hybridized carbons (Fsp3) is 0.100. The fourth-order valence-corrected chi connectivity index (χ4v) is 1.49. The standard InChI is InChI=1S/C10H10N2O/c11-10(13)9-3-1-2-7-6-12-5-4-8(7)9/h1-5,12H,6H2,(H2,11,13). The van der Waals surface area contributed by atoms with E-state index in [2.05, 4.69) is 5.32 Å². The summed E-state index contributed by atoms with van der Waals surface area (Å²) >= 11 is 0. The first-order valence-electron chi connectivity index (χ1n) is 4.10. The second-order valence-electron chi connectivity index (χ2n) is 2.96. The summed E-state index contributed by atoms with van der Waals surface area (Å²) in [5.74, 6) is -0.372. The van der Waals surface area contributed by atoms with Gasteiger partial charge in [0.05, 0.1) is 0 Å². The Morgan fingerprint density at radius 3 is 3.08 bits per heavy atom. The Morgan fingerprint density at radius 2 is 2.31 bits per heavy atom. The Labute approximate surface area is 76.2 Å². The molecule has 1 aliphatic heterocycles. The molecule has 0 fully saturated rings. The van der Waals surface area contributed by atoms with Gasteiger partial charge in [-0.15, -0.1) is 0 Å². The molecule has 1 aromatic rings. The number of nitrogens with one attached hydrogen (secondary N) is 1. The molecule has 0 aromatic heterocycles. The molecular weight excluding hydrogens is 164 g/mol. The first-order valence-corrected chi connectivity index (χ1v) is 4.10. The number of hydrogen-bond acceptors (Lipinski definition) is 2. The maximum absolute atomic E-state index is 11.0. The van der Waals surface area contributed by atoms with Gasteiger partial charge in [-0.25, -0.2) is 0 Å². The second kappa shape index (κ2) is 2.94. The van der Waals surface area contributed by atoms with Gasteiger partial charge in [0.15, 0.2) is 0 Å². The van der Waals surface area contributed by atoms with E-state index in [0.717, 1.165) is 17.7 Å². The van der Waals surface area contributed by atoms with Gasteiger partial charge in [0.2, 0.25) is 5.91 Å². The Kier molecular flexibility index (Phi) is 1.77. The average molecular weight is 174 g/mol. The lowest BCUT2D eigenvalue weighted by molar-refractivity contribution is 0.1000. The van der Waals surface area contributed by atoms with Crippen LogP contribution < -0.4 is 11.1 Å². The fourth-order valence-electron chi connectivity index (χ4n) is 1.49. The molecule has 1 amide bonds. The van der Waals surface area contributed by atoms with E-state index in [4.69, 9.17) is 5.73 Å². The van der Waals surface area contributed by atoms with E-state index in [1.54, 1.807) is 6.07 Å². The van der Waals surface area contributed by atoms with Crippen molar-refractivity contribution in [1.29, 1.82) is 0 Å². The van der Waals surface area contributed by atoms with Crippen LogP contribution in [0.15, 0.2) is 24.4 Å². The van der Waals surface area contributed by atoms with Gasteiger partial charge in [-0.3, -0.25) is 4.79 Å². The van der Waals surface area contributed by atoms with Gasteiger partial charge >= 0.3 is 0 Å². The van der Waals surface area contributed by atoms with Crippen molar-refractivity contribution in [2.24, 2.45) is 5.73 Å². The second-order valence-corrected chi connectivity index (χ2v) is 2.96. The number of carbonyl (C=O) groups is 1. The predicted octanol–water partition coefficient (Wildman–Crippen LogP) is 0.859. The van der Waals surface area contributed by atoms with Gasteiger partial charge in [0, 0.05) is 12.1 Å². The normalized spacial score (nSPS) is 13.2. The number of primary amides is 1. The SMILES string of the molecule is NC(=O)c1cccc2c1C=CNC2. The van der Waals surface area contributed by atoms with Crippen LogP contribution in [-0.2, 0) is 6.54 Å². The molecule has 0 bridgehead atoms. The average Bonchev–Trinajstić information content (AvgIpc) is 2.17. The zero-order valence-corrected chi connectivity index (χ0v) is 7.08. The van der Waals surface area contributed by atoms with Crippen molar-refractivity contribution in [3.8, 4) is 0 Å². The summed E-state index contributed by atoms with van der Waals surface area (Å²) in [4.78, 5) is 11.0. The first kappa shape index (κ1) is 7.86. The van der Waals surface area contributed by atoms with E-state index in [1.165, 1.54) is 0 Å². The van der Waals surface area contributed by atoms with Crippen LogP contribution in [0.5, 0.6) is 0 Å². The first-order chi connectivity index (χ1) is 6.29. The molecule has 1 aliphatic rings. The zero-order chi connectivity index (χ0) is 9.26. The van der Waals surface area contributed by atoms with Gasteiger partial charge in [-0.2, -0.15) is 0 Å². The predicted molar refractivity (Wildman–Crippen MR) is 50.8 cm³/mol. The monoisotopic (exact) mass is 174 g/mol. The van der Waals surface area contributed by atoms with Crippen LogP contribution >= 0.6 is 0 Å². The van der Waals surface area contributed by atoms with Crippen molar-refractivity contribution in [2.75, 3.05) is 0 Å². The summed E-state index contributed by atoms with van der Waals surface area (Å²) < 4.78 is 0. The van der Waals surface area contributed by atoms with E-state index >= 15 is 0 Å². The Hall–Kier alpha value is -1.77. The van der Waals surface area contributed by atoms with Crippen molar-refractivity contribution >= 4 is 12.0 Å². The summed E-state index contributed by atoms with van der Waals surface area (Å²) in [5.41, 5.74) is 7.89. The van der Waals surface area contributed by atoms with E-state index < -0.39 is 0 Å². The molecular formula is C10H10N2O. The van der Waals surface area contributed by atoms with Crippen LogP contribution in [-0.4, -0.2) is 5.91 Å². The summed E-state index contributed by atoms with van der Waals surface area (Å²) in [5, 5.41) is 3.07. The molecule has 0 aliphatic carbocycles. The molecule has 1 aromatic carbocycles. The number of amides is 1. The summed E-state index contributed by atoms with van der Waals surface area (Å²) in [6, 6.07) is 5.58. The smallest absolute Gasteiger partial charge is 0.249 e. The van der Waals surface area contributed by atoms with Crippen LogP contribution in [0, 0.1) is 0 Å². The highest BCUT2D eigenvalue weighted by atomic mass is 16.1. The van der Waals surface area contributed by atoms with Crippen molar-refractivity contribution in [1.82, 2.24) is 5.32 Å². The molecule has 3 heteroatoms. The highest BCUT2D eigenvalue weighted by Gasteiger charge is 2.11. The third-order valence-corrected chi connectivity index (χ3v) is 2.12. The number of hydrogen-bond donors (Lipinski definition) is 2. The molecule has 0 unspecified atom stereocenters. The molecule has 0 atom stereocenters. The van der Waals surface area contributed by atoms with Crippen molar-refractivity contribution in [2.45, 2.75) is 6.54 Å². The highest BCUT2D eigenvalue weighted by molar-refractivity contribution is 5.97. The lowest BCUT2D eigenvalue weighted by atomic mass is 9.99. The Bertz CT molecular complexity index is 383. The molecule has 3 N–H and O–H groups in total. The molecule has 1 heterocycles. The zero-order valence-electron chi connectivity index (χ0n) is 7.08. The van der Waals surface area contributed by atoms with Crippen LogP contribution in [0.2, 0.25) is 0 Å². The van der Waals surface area contributed by atoms with Crippen LogP contribution in [0.3, 0.4) is 0 Å². The van der Waals surface area contributed by atoms with Gasteiger partial charge in [-0.05, 0) is 29.5 Å². The molecule has 3 nitrogen and oxygen atoms in total. The third-order valence-electron chi connectivity index (χ3n) is 2.12. The van der Waals surface area contributed by atoms with Crippen molar-refractivity contribution in [3.63, 3.8) is 0 Å². The van der Waals surface area contributed by atoms with Crippen LogP contribution in [0.4, 0.5) is 0 Å². The molecule has 13 heavy (non-hydrogen) atoms. The highest BCUT2D eigenvalue weighted by Crippen LogP contribution is 2.18. The number of carbonyl (C=O) groups excluding carboxylic acids is 1. The number of rotatable bonds is 1. The largest absolute Gasteiger partial charge is 0.387 e. The minimum absolute atomic E-state index is 0.372. The number of benzene rings is 1. The summed E-state index contributed by atoms with van der Waals surface area (Å²) in [7, 11) is 0. The van der Waals surface area contributed by atoms with E-state index in [0.29, 0.717) is 5.56 Å². The molecule has 0 spiro atoms. The lowest BCUT2D eigenvalue weighted by Crippen LogP contribution is -2.17. The number of fused-ring (bicyclic) bond motifs is 1. The van der Waals surface area contributed by atoms with Gasteiger partial charge in [0.25, 0.3) is 0 Å². The quantitative estimate of drug-likeness (QED) is 0.663. The molecule has 0 radical (unpaired) electrons. The molecule has 2 rings (SSSR count). The summed E-state index contributed by atoms with van der Waals surface area (Å²) in [6.07, 6.45) is 3.70. The topological polar surface area (TPSA) is 55.1 Å². The third kappa shape index (κ3) is 1.28. The van der Waals surface area contributed by atoms with E-state index in [1.807, 2.05) is 24.4 Å². The van der Waals surface area contributed by atoms with Crippen molar-refractivity contribution < 1.29 is 4.79 Å². The lowest BCUT2D eigenvalue weighted by Gasteiger charge is -2.13. The Morgan fingerprint density at radius 1 is 1.46 bits per heavy atom. The van der Waals surface area contributed by atoms with Crippen LogP contribution in [0.25, 0.3) is 6.08 Å². The van der Waals surface area contributed by atoms with Crippen molar-refractivity contribution in [3.05, 3.63) is 41.1 Å². The van der Waals surface area contributed by atoms with Crippen LogP contribution in [0.1, 0.15) is 21.5 Å². The molecule has 0 saturated heterocycles.